The third-order valence-corrected chi connectivity index (χ3v) is 6.19. The fraction of sp³-hybridized carbons (Fsp3) is 0.842. The molecule has 0 aromatic carbocycles. The molecule has 1 aromatic rings. The summed E-state index contributed by atoms with van der Waals surface area (Å²) in [5.74, 6) is 1.93. The Morgan fingerprint density at radius 1 is 1.18 bits per heavy atom. The Morgan fingerprint density at radius 2 is 1.89 bits per heavy atom. The van der Waals surface area contributed by atoms with Crippen molar-refractivity contribution in [3.63, 3.8) is 0 Å². The number of piperazine rings is 1. The summed E-state index contributed by atoms with van der Waals surface area (Å²) in [6.07, 6.45) is 9.18. The SMILES string of the molecule is CCc1nsc(N2CCN(C(=NC)NCCOC3CCCCCC3)CC2)n1.I. The maximum Gasteiger partial charge on any atom is 0.205 e. The molecule has 3 rings (SSSR count). The number of anilines is 1. The normalized spacial score (nSPS) is 19.3. The number of hydrogen-bond donors (Lipinski definition) is 1. The molecule has 1 aliphatic heterocycles. The van der Waals surface area contributed by atoms with Crippen LogP contribution in [-0.4, -0.2) is 72.7 Å². The monoisotopic (exact) mass is 522 g/mol. The van der Waals surface area contributed by atoms with Gasteiger partial charge in [0.1, 0.15) is 5.82 Å². The zero-order valence-corrected chi connectivity index (χ0v) is 20.4. The van der Waals surface area contributed by atoms with E-state index in [-0.39, 0.29) is 24.0 Å². The van der Waals surface area contributed by atoms with Gasteiger partial charge in [0.05, 0.1) is 12.7 Å². The van der Waals surface area contributed by atoms with Crippen molar-refractivity contribution in [2.45, 2.75) is 58.0 Å². The minimum atomic E-state index is 0. The molecule has 1 saturated carbocycles. The van der Waals surface area contributed by atoms with Gasteiger partial charge in [-0.25, -0.2) is 4.98 Å². The summed E-state index contributed by atoms with van der Waals surface area (Å²) in [4.78, 5) is 13.7. The maximum atomic E-state index is 6.07. The second-order valence-electron chi connectivity index (χ2n) is 7.28. The predicted octanol–water partition coefficient (Wildman–Crippen LogP) is 3.16. The van der Waals surface area contributed by atoms with Gasteiger partial charge in [0.15, 0.2) is 5.96 Å². The summed E-state index contributed by atoms with van der Waals surface area (Å²) in [7, 11) is 1.86. The molecule has 1 aromatic heterocycles. The number of nitrogens with one attached hydrogen (secondary N) is 1. The molecule has 7 nitrogen and oxygen atoms in total. The molecule has 1 saturated heterocycles. The highest BCUT2D eigenvalue weighted by Crippen LogP contribution is 2.20. The Bertz CT molecular complexity index is 583. The van der Waals surface area contributed by atoms with E-state index in [9.17, 15) is 0 Å². The molecule has 160 valence electrons. The molecule has 0 spiro atoms. The summed E-state index contributed by atoms with van der Waals surface area (Å²) in [6, 6.07) is 0. The number of nitrogens with zero attached hydrogens (tertiary/aromatic N) is 5. The van der Waals surface area contributed by atoms with Gasteiger partial charge in [-0.15, -0.1) is 24.0 Å². The van der Waals surface area contributed by atoms with Crippen molar-refractivity contribution in [1.82, 2.24) is 19.6 Å². The molecule has 0 radical (unpaired) electrons. The van der Waals surface area contributed by atoms with Crippen molar-refractivity contribution in [3.8, 4) is 0 Å². The van der Waals surface area contributed by atoms with Crippen LogP contribution in [0.5, 0.6) is 0 Å². The molecule has 0 atom stereocenters. The van der Waals surface area contributed by atoms with Gasteiger partial charge in [-0.3, -0.25) is 4.99 Å². The van der Waals surface area contributed by atoms with Crippen LogP contribution in [0.1, 0.15) is 51.3 Å². The standard InChI is InChI=1S/C19H34N6OS.HI/c1-3-17-22-19(27-23-17)25-13-11-24(12-14-25)18(20-2)21-10-15-26-16-8-6-4-5-7-9-16;/h16H,3-15H2,1-2H3,(H,20,21);1H. The van der Waals surface area contributed by atoms with E-state index in [1.165, 1.54) is 50.1 Å². The summed E-state index contributed by atoms with van der Waals surface area (Å²) in [5, 5.41) is 4.52. The van der Waals surface area contributed by atoms with Gasteiger partial charge in [-0.1, -0.05) is 32.6 Å². The van der Waals surface area contributed by atoms with Crippen molar-refractivity contribution in [2.75, 3.05) is 51.3 Å². The first-order valence-electron chi connectivity index (χ1n) is 10.4. The maximum absolute atomic E-state index is 6.07. The van der Waals surface area contributed by atoms with Gasteiger partial charge in [0, 0.05) is 57.7 Å². The number of halogens is 1. The molecule has 9 heteroatoms. The molecule has 0 amide bonds. The Labute approximate surface area is 190 Å². The Balaban J connectivity index is 0.00000280. The summed E-state index contributed by atoms with van der Waals surface area (Å²) >= 11 is 1.51. The minimum absolute atomic E-state index is 0. The smallest absolute Gasteiger partial charge is 0.205 e. The summed E-state index contributed by atoms with van der Waals surface area (Å²) in [6.45, 7) is 7.48. The number of aromatic nitrogens is 2. The van der Waals surface area contributed by atoms with Crippen LogP contribution in [0.4, 0.5) is 5.13 Å². The van der Waals surface area contributed by atoms with Crippen LogP contribution in [0.3, 0.4) is 0 Å². The highest BCUT2D eigenvalue weighted by molar-refractivity contribution is 14.0. The van der Waals surface area contributed by atoms with Gasteiger partial charge in [-0.05, 0) is 12.8 Å². The van der Waals surface area contributed by atoms with E-state index in [1.54, 1.807) is 0 Å². The number of hydrogen-bond acceptors (Lipinski definition) is 6. The molecule has 2 heterocycles. The number of guanidine groups is 1. The summed E-state index contributed by atoms with van der Waals surface area (Å²) in [5.41, 5.74) is 0. The highest BCUT2D eigenvalue weighted by atomic mass is 127. The zero-order valence-electron chi connectivity index (χ0n) is 17.2. The Hall–Kier alpha value is -0.680. The lowest BCUT2D eigenvalue weighted by Crippen LogP contribution is -2.53. The molecule has 1 aliphatic carbocycles. The van der Waals surface area contributed by atoms with Gasteiger partial charge in [0.25, 0.3) is 0 Å². The first kappa shape index (κ1) is 23.6. The van der Waals surface area contributed by atoms with Crippen LogP contribution in [0, 0.1) is 0 Å². The number of aryl methyl sites for hydroxylation is 1. The van der Waals surface area contributed by atoms with Crippen LogP contribution in [-0.2, 0) is 11.2 Å². The van der Waals surface area contributed by atoms with Gasteiger partial charge < -0.3 is 19.9 Å². The minimum Gasteiger partial charge on any atom is -0.376 e. The van der Waals surface area contributed by atoms with Crippen molar-refractivity contribution < 1.29 is 4.74 Å². The topological polar surface area (TPSA) is 65.9 Å². The lowest BCUT2D eigenvalue weighted by molar-refractivity contribution is 0.0465. The van der Waals surface area contributed by atoms with E-state index in [4.69, 9.17) is 4.74 Å². The van der Waals surface area contributed by atoms with Crippen molar-refractivity contribution in [3.05, 3.63) is 5.82 Å². The van der Waals surface area contributed by atoms with E-state index in [0.717, 1.165) is 62.7 Å². The zero-order chi connectivity index (χ0) is 18.9. The molecule has 0 bridgehead atoms. The molecule has 28 heavy (non-hydrogen) atoms. The molecule has 1 N–H and O–H groups in total. The average Bonchev–Trinajstić information content (AvgIpc) is 3.05. The molecular weight excluding hydrogens is 487 g/mol. The van der Waals surface area contributed by atoms with E-state index >= 15 is 0 Å². The van der Waals surface area contributed by atoms with Gasteiger partial charge in [-0.2, -0.15) is 4.37 Å². The third-order valence-electron chi connectivity index (χ3n) is 5.38. The van der Waals surface area contributed by atoms with E-state index < -0.39 is 0 Å². The largest absolute Gasteiger partial charge is 0.376 e. The number of rotatable bonds is 6. The quantitative estimate of drug-likeness (QED) is 0.204. The van der Waals surface area contributed by atoms with Crippen LogP contribution in [0.2, 0.25) is 0 Å². The van der Waals surface area contributed by atoms with Crippen LogP contribution < -0.4 is 10.2 Å². The van der Waals surface area contributed by atoms with E-state index in [2.05, 4.69) is 36.4 Å². The summed E-state index contributed by atoms with van der Waals surface area (Å²) < 4.78 is 10.5. The van der Waals surface area contributed by atoms with Crippen molar-refractivity contribution in [2.24, 2.45) is 4.99 Å². The fourth-order valence-electron chi connectivity index (χ4n) is 3.76. The van der Waals surface area contributed by atoms with Crippen LogP contribution in [0.15, 0.2) is 4.99 Å². The van der Waals surface area contributed by atoms with Crippen LogP contribution in [0.25, 0.3) is 0 Å². The van der Waals surface area contributed by atoms with E-state index in [0.29, 0.717) is 6.10 Å². The molecular formula is C19H35IN6OS. The lowest BCUT2D eigenvalue weighted by atomic mass is 10.1. The first-order chi connectivity index (χ1) is 13.3. The van der Waals surface area contributed by atoms with Crippen molar-refractivity contribution in [1.29, 1.82) is 0 Å². The Morgan fingerprint density at radius 3 is 2.50 bits per heavy atom. The average molecular weight is 523 g/mol. The first-order valence-corrected chi connectivity index (χ1v) is 11.2. The van der Waals surface area contributed by atoms with Gasteiger partial charge >= 0.3 is 0 Å². The molecule has 0 unspecified atom stereocenters. The lowest BCUT2D eigenvalue weighted by Gasteiger charge is -2.36. The third kappa shape index (κ3) is 6.98. The van der Waals surface area contributed by atoms with Crippen LogP contribution >= 0.6 is 35.5 Å². The predicted molar refractivity (Wildman–Crippen MR) is 127 cm³/mol. The fourth-order valence-corrected chi connectivity index (χ4v) is 4.56. The number of ether oxygens (including phenoxy) is 1. The second kappa shape index (κ2) is 12.8. The van der Waals surface area contributed by atoms with Gasteiger partial charge in [0.2, 0.25) is 5.13 Å². The molecule has 2 fully saturated rings. The Kier molecular flexibility index (Phi) is 10.8. The van der Waals surface area contributed by atoms with E-state index in [1.807, 2.05) is 7.05 Å². The van der Waals surface area contributed by atoms with Crippen molar-refractivity contribution >= 4 is 46.6 Å². The molecule has 2 aliphatic rings. The second-order valence-corrected chi connectivity index (χ2v) is 8.01. The highest BCUT2D eigenvalue weighted by Gasteiger charge is 2.22. The number of aliphatic imine (C=N–C) groups is 1.